The Labute approximate surface area is 161 Å². The van der Waals surface area contributed by atoms with Crippen LogP contribution in [0.15, 0.2) is 24.3 Å². The Hall–Kier alpha value is -3.10. The van der Waals surface area contributed by atoms with E-state index in [1.165, 1.54) is 25.0 Å². The highest BCUT2D eigenvalue weighted by Crippen LogP contribution is 2.40. The van der Waals surface area contributed by atoms with Crippen LogP contribution in [0.1, 0.15) is 48.8 Å². The highest BCUT2D eigenvalue weighted by atomic mass is 19.1. The van der Waals surface area contributed by atoms with Crippen LogP contribution in [0.25, 0.3) is 0 Å². The largest absolute Gasteiger partial charge is 0.347 e. The summed E-state index contributed by atoms with van der Waals surface area (Å²) in [7, 11) is 1.83. The predicted octanol–water partition coefficient (Wildman–Crippen LogP) is 4.00. The number of hydrogen-bond donors (Lipinski definition) is 2. The molecule has 4 rings (SSSR count). The zero-order valence-corrected chi connectivity index (χ0v) is 15.9. The van der Waals surface area contributed by atoms with Gasteiger partial charge < -0.3 is 5.32 Å². The van der Waals surface area contributed by atoms with Crippen LogP contribution in [0.2, 0.25) is 0 Å². The molecule has 0 saturated heterocycles. The minimum Gasteiger partial charge on any atom is -0.347 e. The van der Waals surface area contributed by atoms with Gasteiger partial charge in [0, 0.05) is 36.4 Å². The maximum atomic E-state index is 14.0. The van der Waals surface area contributed by atoms with E-state index in [-0.39, 0.29) is 0 Å². The molecule has 1 fully saturated rings. The van der Waals surface area contributed by atoms with Gasteiger partial charge in [0.15, 0.2) is 5.82 Å². The lowest BCUT2D eigenvalue weighted by atomic mass is 10.1. The van der Waals surface area contributed by atoms with Crippen molar-refractivity contribution in [3.63, 3.8) is 0 Å². The smallest absolute Gasteiger partial charge is 0.235 e. The maximum absolute atomic E-state index is 14.0. The van der Waals surface area contributed by atoms with Crippen LogP contribution in [-0.2, 0) is 0 Å². The lowest BCUT2D eigenvalue weighted by molar-refractivity contribution is 0.566. The van der Waals surface area contributed by atoms with Crippen molar-refractivity contribution in [2.75, 3.05) is 17.3 Å². The summed E-state index contributed by atoms with van der Waals surface area (Å²) in [4.78, 5) is 14.9. The van der Waals surface area contributed by atoms with Crippen LogP contribution < -0.4 is 10.2 Å². The summed E-state index contributed by atoms with van der Waals surface area (Å²) < 4.78 is 27.2. The first-order chi connectivity index (χ1) is 13.4. The van der Waals surface area contributed by atoms with Gasteiger partial charge >= 0.3 is 0 Å². The lowest BCUT2D eigenvalue weighted by Gasteiger charge is -2.18. The third kappa shape index (κ3) is 3.78. The summed E-state index contributed by atoms with van der Waals surface area (Å²) in [6, 6.07) is 5.05. The SMILES string of the molecule is Cc1nc(NC(C)c2ccc(F)cc2F)nc(N(C)c2cc(C3CC3)[nH]n2)n1. The van der Waals surface area contributed by atoms with E-state index in [1.54, 1.807) is 18.7 Å². The number of halogens is 2. The standard InChI is InChI=1S/C19H21F2N7/c1-10(14-7-6-13(20)8-15(14)21)22-18-23-11(2)24-19(25-18)28(3)17-9-16(26-27-17)12-4-5-12/h6-10,12H,4-5H2,1-3H3,(H,26,27)(H,22,23,24,25). The Morgan fingerprint density at radius 2 is 1.96 bits per heavy atom. The fourth-order valence-electron chi connectivity index (χ4n) is 3.01. The number of rotatable bonds is 6. The summed E-state index contributed by atoms with van der Waals surface area (Å²) in [5.74, 6) is 1.31. The molecule has 28 heavy (non-hydrogen) atoms. The summed E-state index contributed by atoms with van der Waals surface area (Å²) in [6.45, 7) is 3.52. The van der Waals surface area contributed by atoms with E-state index in [9.17, 15) is 8.78 Å². The van der Waals surface area contributed by atoms with E-state index in [0.717, 1.165) is 17.6 Å². The van der Waals surface area contributed by atoms with Crippen molar-refractivity contribution in [2.45, 2.75) is 38.6 Å². The van der Waals surface area contributed by atoms with E-state index in [1.807, 2.05) is 13.1 Å². The average molecular weight is 385 g/mol. The van der Waals surface area contributed by atoms with E-state index >= 15 is 0 Å². The topological polar surface area (TPSA) is 82.6 Å². The fourth-order valence-corrected chi connectivity index (χ4v) is 3.01. The molecule has 1 aliphatic carbocycles. The highest BCUT2D eigenvalue weighted by Gasteiger charge is 2.26. The van der Waals surface area contributed by atoms with Gasteiger partial charge in [0.2, 0.25) is 11.9 Å². The number of anilines is 3. The fraction of sp³-hybridized carbons (Fsp3) is 0.368. The van der Waals surface area contributed by atoms with Crippen molar-refractivity contribution >= 4 is 17.7 Å². The molecule has 1 aliphatic rings. The molecular formula is C19H21F2N7. The zero-order valence-electron chi connectivity index (χ0n) is 15.9. The van der Waals surface area contributed by atoms with Crippen molar-refractivity contribution in [1.82, 2.24) is 25.1 Å². The summed E-state index contributed by atoms with van der Waals surface area (Å²) in [6.07, 6.45) is 2.37. The van der Waals surface area contributed by atoms with Gasteiger partial charge in [-0.15, -0.1) is 0 Å². The molecule has 0 bridgehead atoms. The van der Waals surface area contributed by atoms with E-state index in [2.05, 4.69) is 30.5 Å². The molecule has 3 aromatic rings. The number of H-pyrrole nitrogens is 1. The molecule has 0 spiro atoms. The van der Waals surface area contributed by atoms with Gasteiger partial charge in [-0.1, -0.05) is 6.07 Å². The molecular weight excluding hydrogens is 364 g/mol. The maximum Gasteiger partial charge on any atom is 0.235 e. The summed E-state index contributed by atoms with van der Waals surface area (Å²) in [5.41, 5.74) is 1.45. The third-order valence-corrected chi connectivity index (χ3v) is 4.75. The summed E-state index contributed by atoms with van der Waals surface area (Å²) >= 11 is 0. The first-order valence-electron chi connectivity index (χ1n) is 9.14. The first kappa shape index (κ1) is 18.3. The molecule has 1 aromatic carbocycles. The third-order valence-electron chi connectivity index (χ3n) is 4.75. The van der Waals surface area contributed by atoms with Crippen molar-refractivity contribution < 1.29 is 8.78 Å². The van der Waals surface area contributed by atoms with Crippen LogP contribution in [0.5, 0.6) is 0 Å². The first-order valence-corrected chi connectivity index (χ1v) is 9.14. The monoisotopic (exact) mass is 385 g/mol. The Morgan fingerprint density at radius 3 is 2.68 bits per heavy atom. The Morgan fingerprint density at radius 1 is 1.18 bits per heavy atom. The van der Waals surface area contributed by atoms with Crippen LogP contribution >= 0.6 is 0 Å². The van der Waals surface area contributed by atoms with Gasteiger partial charge in [0.25, 0.3) is 0 Å². The molecule has 146 valence electrons. The second-order valence-corrected chi connectivity index (χ2v) is 7.05. The van der Waals surface area contributed by atoms with Gasteiger partial charge in [0.05, 0.1) is 6.04 Å². The number of aromatic amines is 1. The molecule has 1 unspecified atom stereocenters. The quantitative estimate of drug-likeness (QED) is 0.667. The van der Waals surface area contributed by atoms with E-state index in [0.29, 0.717) is 29.2 Å². The van der Waals surface area contributed by atoms with Crippen LogP contribution in [-0.4, -0.2) is 32.2 Å². The van der Waals surface area contributed by atoms with Crippen molar-refractivity contribution in [3.8, 4) is 0 Å². The molecule has 9 heteroatoms. The Bertz CT molecular complexity index is 1000. The molecule has 2 heterocycles. The number of benzene rings is 1. The molecule has 0 radical (unpaired) electrons. The second kappa shape index (κ2) is 7.14. The number of nitrogens with one attached hydrogen (secondary N) is 2. The van der Waals surface area contributed by atoms with Gasteiger partial charge in [-0.25, -0.2) is 8.78 Å². The number of hydrogen-bond acceptors (Lipinski definition) is 6. The Balaban J connectivity index is 1.55. The van der Waals surface area contributed by atoms with Crippen molar-refractivity contribution in [1.29, 1.82) is 0 Å². The van der Waals surface area contributed by atoms with Gasteiger partial charge in [-0.05, 0) is 32.8 Å². The van der Waals surface area contributed by atoms with Crippen LogP contribution in [0.4, 0.5) is 26.5 Å². The molecule has 2 N–H and O–H groups in total. The molecule has 0 aliphatic heterocycles. The van der Waals surface area contributed by atoms with Gasteiger partial charge in [0.1, 0.15) is 17.5 Å². The number of aromatic nitrogens is 5. The predicted molar refractivity (Wildman–Crippen MR) is 102 cm³/mol. The lowest BCUT2D eigenvalue weighted by Crippen LogP contribution is -2.18. The summed E-state index contributed by atoms with van der Waals surface area (Å²) in [5, 5.41) is 10.5. The normalized spacial score (nSPS) is 14.8. The average Bonchev–Trinajstić information content (AvgIpc) is 3.37. The minimum atomic E-state index is -0.618. The molecule has 1 saturated carbocycles. The molecule has 1 atom stereocenters. The number of aryl methyl sites for hydroxylation is 1. The minimum absolute atomic E-state index is 0.309. The zero-order chi connectivity index (χ0) is 19.8. The molecule has 0 amide bonds. The van der Waals surface area contributed by atoms with Crippen LogP contribution in [0.3, 0.4) is 0 Å². The van der Waals surface area contributed by atoms with Crippen LogP contribution in [0, 0.1) is 18.6 Å². The Kier molecular flexibility index (Phi) is 4.66. The van der Waals surface area contributed by atoms with E-state index in [4.69, 9.17) is 0 Å². The number of nitrogens with zero attached hydrogens (tertiary/aromatic N) is 5. The van der Waals surface area contributed by atoms with E-state index < -0.39 is 17.7 Å². The highest BCUT2D eigenvalue weighted by molar-refractivity contribution is 5.53. The van der Waals surface area contributed by atoms with Gasteiger partial charge in [-0.2, -0.15) is 20.1 Å². The second-order valence-electron chi connectivity index (χ2n) is 7.05. The van der Waals surface area contributed by atoms with Gasteiger partial charge in [-0.3, -0.25) is 10.00 Å². The van der Waals surface area contributed by atoms with Crippen molar-refractivity contribution in [2.24, 2.45) is 0 Å². The molecule has 7 nitrogen and oxygen atoms in total. The van der Waals surface area contributed by atoms with Crippen molar-refractivity contribution in [3.05, 3.63) is 53.0 Å². The molecule has 2 aromatic heterocycles.